The summed E-state index contributed by atoms with van der Waals surface area (Å²) in [4.78, 5) is 0. The number of nitrogens with two attached hydrogens (primary N) is 1. The summed E-state index contributed by atoms with van der Waals surface area (Å²) in [7, 11) is 0. The quantitative estimate of drug-likeness (QED) is 0.751. The molecule has 0 aliphatic rings. The molecular weight excluding hydrogens is 385 g/mol. The van der Waals surface area contributed by atoms with Crippen molar-refractivity contribution in [1.29, 1.82) is 0 Å². The predicted octanol–water partition coefficient (Wildman–Crippen LogP) is 5.21. The van der Waals surface area contributed by atoms with Crippen LogP contribution >= 0.6 is 31.9 Å². The van der Waals surface area contributed by atoms with Crippen LogP contribution in [0, 0.1) is 19.7 Å². The summed E-state index contributed by atoms with van der Waals surface area (Å²) < 4.78 is 15.0. The molecule has 1 atom stereocenters. The predicted molar refractivity (Wildman–Crippen MR) is 88.3 cm³/mol. The zero-order valence-electron chi connectivity index (χ0n) is 11.4. The third-order valence-electron chi connectivity index (χ3n) is 3.34. The molecular formula is C16H16Br2FN. The molecule has 2 aromatic rings. The van der Waals surface area contributed by atoms with Gasteiger partial charge in [-0.15, -0.1) is 0 Å². The zero-order chi connectivity index (χ0) is 14.9. The van der Waals surface area contributed by atoms with Crippen molar-refractivity contribution in [1.82, 2.24) is 0 Å². The molecule has 0 spiro atoms. The van der Waals surface area contributed by atoms with E-state index >= 15 is 0 Å². The average Bonchev–Trinajstić information content (AvgIpc) is 2.38. The molecule has 0 aromatic heterocycles. The van der Waals surface area contributed by atoms with Gasteiger partial charge in [-0.3, -0.25) is 0 Å². The summed E-state index contributed by atoms with van der Waals surface area (Å²) in [6.07, 6.45) is 0.668. The summed E-state index contributed by atoms with van der Waals surface area (Å²) in [6, 6.07) is 8.79. The Kier molecular flexibility index (Phi) is 4.99. The SMILES string of the molecule is Cc1cc(C(N)Cc2ccc(F)cc2Br)cc(C)c1Br. The van der Waals surface area contributed by atoms with Crippen molar-refractivity contribution in [3.8, 4) is 0 Å². The number of benzene rings is 2. The molecule has 2 N–H and O–H groups in total. The van der Waals surface area contributed by atoms with E-state index in [9.17, 15) is 4.39 Å². The Morgan fingerprint density at radius 2 is 1.70 bits per heavy atom. The van der Waals surface area contributed by atoms with Crippen molar-refractivity contribution in [2.45, 2.75) is 26.3 Å². The molecule has 0 saturated heterocycles. The van der Waals surface area contributed by atoms with Crippen LogP contribution in [0.2, 0.25) is 0 Å². The minimum atomic E-state index is -0.246. The van der Waals surface area contributed by atoms with Crippen LogP contribution in [0.5, 0.6) is 0 Å². The van der Waals surface area contributed by atoms with Gasteiger partial charge in [-0.2, -0.15) is 0 Å². The molecule has 2 aromatic carbocycles. The minimum Gasteiger partial charge on any atom is -0.324 e. The van der Waals surface area contributed by atoms with E-state index in [-0.39, 0.29) is 11.9 Å². The molecule has 4 heteroatoms. The Bertz CT molecular complexity index is 617. The van der Waals surface area contributed by atoms with Gasteiger partial charge in [0.1, 0.15) is 5.82 Å². The third kappa shape index (κ3) is 3.48. The van der Waals surface area contributed by atoms with E-state index in [1.54, 1.807) is 6.07 Å². The van der Waals surface area contributed by atoms with E-state index in [4.69, 9.17) is 5.73 Å². The van der Waals surface area contributed by atoms with Crippen LogP contribution in [0.1, 0.15) is 28.3 Å². The van der Waals surface area contributed by atoms with Crippen LogP contribution < -0.4 is 5.73 Å². The van der Waals surface area contributed by atoms with Gasteiger partial charge < -0.3 is 5.73 Å². The number of rotatable bonds is 3. The maximum atomic E-state index is 13.1. The van der Waals surface area contributed by atoms with Crippen LogP contribution in [-0.4, -0.2) is 0 Å². The Hall–Kier alpha value is -0.710. The fraction of sp³-hybridized carbons (Fsp3) is 0.250. The van der Waals surface area contributed by atoms with Crippen molar-refractivity contribution in [3.63, 3.8) is 0 Å². The molecule has 0 bridgehead atoms. The summed E-state index contributed by atoms with van der Waals surface area (Å²) in [5, 5.41) is 0. The van der Waals surface area contributed by atoms with Crippen molar-refractivity contribution >= 4 is 31.9 Å². The monoisotopic (exact) mass is 399 g/mol. The third-order valence-corrected chi connectivity index (χ3v) is 5.33. The number of aryl methyl sites for hydroxylation is 2. The van der Waals surface area contributed by atoms with Crippen molar-refractivity contribution in [2.24, 2.45) is 5.73 Å². The number of hydrogen-bond donors (Lipinski definition) is 1. The first-order valence-electron chi connectivity index (χ1n) is 6.34. The molecule has 0 heterocycles. The molecule has 20 heavy (non-hydrogen) atoms. The van der Waals surface area contributed by atoms with Crippen LogP contribution in [0.4, 0.5) is 4.39 Å². The average molecular weight is 401 g/mol. The largest absolute Gasteiger partial charge is 0.324 e. The lowest BCUT2D eigenvalue weighted by Gasteiger charge is -2.16. The van der Waals surface area contributed by atoms with Gasteiger partial charge in [0.05, 0.1) is 0 Å². The second-order valence-electron chi connectivity index (χ2n) is 5.02. The smallest absolute Gasteiger partial charge is 0.124 e. The maximum Gasteiger partial charge on any atom is 0.124 e. The molecule has 0 aliphatic carbocycles. The normalized spacial score (nSPS) is 12.5. The van der Waals surface area contributed by atoms with E-state index < -0.39 is 0 Å². The second kappa shape index (κ2) is 6.37. The van der Waals surface area contributed by atoms with E-state index in [2.05, 4.69) is 57.8 Å². The second-order valence-corrected chi connectivity index (χ2v) is 6.66. The summed E-state index contributed by atoms with van der Waals surface area (Å²) in [5.74, 6) is -0.246. The first-order chi connectivity index (χ1) is 9.38. The van der Waals surface area contributed by atoms with Crippen LogP contribution in [0.15, 0.2) is 39.3 Å². The van der Waals surface area contributed by atoms with Gasteiger partial charge in [0.25, 0.3) is 0 Å². The van der Waals surface area contributed by atoms with E-state index in [1.165, 1.54) is 23.3 Å². The van der Waals surface area contributed by atoms with Gasteiger partial charge in [0.2, 0.25) is 0 Å². The van der Waals surface area contributed by atoms with Gasteiger partial charge in [0.15, 0.2) is 0 Å². The van der Waals surface area contributed by atoms with Crippen LogP contribution in [-0.2, 0) is 6.42 Å². The van der Waals surface area contributed by atoms with E-state index in [1.807, 2.05) is 0 Å². The maximum absolute atomic E-state index is 13.1. The molecule has 0 fully saturated rings. The topological polar surface area (TPSA) is 26.0 Å². The Balaban J connectivity index is 2.26. The van der Waals surface area contributed by atoms with Gasteiger partial charge in [-0.25, -0.2) is 4.39 Å². The molecule has 0 aliphatic heterocycles. The minimum absolute atomic E-state index is 0.109. The lowest BCUT2D eigenvalue weighted by Crippen LogP contribution is -2.14. The fourth-order valence-corrected chi connectivity index (χ4v) is 2.98. The first-order valence-corrected chi connectivity index (χ1v) is 7.93. The Morgan fingerprint density at radius 1 is 1.10 bits per heavy atom. The Labute approximate surface area is 135 Å². The molecule has 2 rings (SSSR count). The van der Waals surface area contributed by atoms with Crippen LogP contribution in [0.25, 0.3) is 0 Å². The molecule has 106 valence electrons. The highest BCUT2D eigenvalue weighted by molar-refractivity contribution is 9.10. The zero-order valence-corrected chi connectivity index (χ0v) is 14.6. The molecule has 1 nitrogen and oxygen atoms in total. The summed E-state index contributed by atoms with van der Waals surface area (Å²) >= 11 is 6.94. The van der Waals surface area contributed by atoms with Gasteiger partial charge in [-0.1, -0.05) is 50.1 Å². The molecule has 0 amide bonds. The lowest BCUT2D eigenvalue weighted by molar-refractivity contribution is 0.624. The van der Waals surface area contributed by atoms with Crippen molar-refractivity contribution in [3.05, 3.63) is 67.3 Å². The summed E-state index contributed by atoms with van der Waals surface area (Å²) in [5.41, 5.74) is 10.7. The molecule has 1 unspecified atom stereocenters. The highest BCUT2D eigenvalue weighted by Crippen LogP contribution is 2.28. The molecule has 0 radical (unpaired) electrons. The number of hydrogen-bond acceptors (Lipinski definition) is 1. The lowest BCUT2D eigenvalue weighted by atomic mass is 9.96. The summed E-state index contributed by atoms with van der Waals surface area (Å²) in [6.45, 7) is 4.11. The highest BCUT2D eigenvalue weighted by atomic mass is 79.9. The Morgan fingerprint density at radius 3 is 2.25 bits per heavy atom. The highest BCUT2D eigenvalue weighted by Gasteiger charge is 2.12. The first kappa shape index (κ1) is 15.7. The van der Waals surface area contributed by atoms with Crippen molar-refractivity contribution in [2.75, 3.05) is 0 Å². The van der Waals surface area contributed by atoms with Crippen LogP contribution in [0.3, 0.4) is 0 Å². The van der Waals surface area contributed by atoms with E-state index in [0.29, 0.717) is 6.42 Å². The van der Waals surface area contributed by atoms with Gasteiger partial charge in [-0.05, 0) is 54.7 Å². The van der Waals surface area contributed by atoms with Gasteiger partial charge >= 0.3 is 0 Å². The number of halogens is 3. The standard InChI is InChI=1S/C16H16Br2FN/c1-9-5-12(6-10(2)16(9)18)15(20)7-11-3-4-13(19)8-14(11)17/h3-6,8,15H,7,20H2,1-2H3. The molecule has 0 saturated carbocycles. The van der Waals surface area contributed by atoms with E-state index in [0.717, 1.165) is 20.1 Å². The van der Waals surface area contributed by atoms with Gasteiger partial charge in [0, 0.05) is 15.0 Å². The fourth-order valence-electron chi connectivity index (χ4n) is 2.24. The van der Waals surface area contributed by atoms with Crippen molar-refractivity contribution < 1.29 is 4.39 Å².